The van der Waals surface area contributed by atoms with Gasteiger partial charge in [-0.15, -0.1) is 0 Å². The number of methoxy groups -OCH3 is 1. The number of hydrogen-bond donors (Lipinski definition) is 0. The van der Waals surface area contributed by atoms with Crippen molar-refractivity contribution in [1.82, 2.24) is 9.80 Å². The molecule has 0 N–H and O–H groups in total. The zero-order chi connectivity index (χ0) is 20.6. The van der Waals surface area contributed by atoms with Gasteiger partial charge in [-0.25, -0.2) is 0 Å². The summed E-state index contributed by atoms with van der Waals surface area (Å²) in [5.41, 5.74) is 2.82. The van der Waals surface area contributed by atoms with Crippen molar-refractivity contribution in [3.05, 3.63) is 71.8 Å². The largest absolute Gasteiger partial charge is 0.497 e. The first-order valence-electron chi connectivity index (χ1n) is 10.0. The third-order valence-corrected chi connectivity index (χ3v) is 5.29. The summed E-state index contributed by atoms with van der Waals surface area (Å²) >= 11 is 0. The Morgan fingerprint density at radius 3 is 2.17 bits per heavy atom. The van der Waals surface area contributed by atoms with Gasteiger partial charge in [-0.1, -0.05) is 37.3 Å². The molecule has 29 heavy (non-hydrogen) atoms. The number of ether oxygens (including phenoxy) is 1. The normalized spacial score (nSPS) is 15.2. The van der Waals surface area contributed by atoms with E-state index in [1.54, 1.807) is 37.5 Å². The highest BCUT2D eigenvalue weighted by Crippen LogP contribution is 2.18. The Hall–Kier alpha value is -2.92. The first-order chi connectivity index (χ1) is 14.1. The molecule has 0 aliphatic carbocycles. The first kappa shape index (κ1) is 20.8. The lowest BCUT2D eigenvalue weighted by Gasteiger charge is -2.34. The fraction of sp³-hybridized carbons (Fsp3) is 0.333. The molecule has 0 aromatic heterocycles. The van der Waals surface area contributed by atoms with Gasteiger partial charge in [-0.05, 0) is 41.8 Å². The number of carbonyl (C=O) groups is 2. The minimum absolute atomic E-state index is 0.0480. The van der Waals surface area contributed by atoms with Gasteiger partial charge in [0, 0.05) is 37.8 Å². The Labute approximate surface area is 172 Å². The van der Waals surface area contributed by atoms with E-state index in [2.05, 4.69) is 11.8 Å². The van der Waals surface area contributed by atoms with E-state index in [4.69, 9.17) is 4.74 Å². The second-order valence-corrected chi connectivity index (χ2v) is 7.14. The number of allylic oxidation sites excluding steroid dienone is 1. The van der Waals surface area contributed by atoms with Crippen LogP contribution in [0.25, 0.3) is 5.57 Å². The SMILES string of the molecule is CC/C(=C\C(=O)N1CCN(CC(=O)c2ccc(OC)cc2)CC1)c1ccccc1. The van der Waals surface area contributed by atoms with Crippen LogP contribution < -0.4 is 4.74 Å². The Morgan fingerprint density at radius 1 is 0.931 bits per heavy atom. The van der Waals surface area contributed by atoms with Crippen molar-refractivity contribution in [1.29, 1.82) is 0 Å². The molecule has 1 saturated heterocycles. The van der Waals surface area contributed by atoms with E-state index in [1.807, 2.05) is 35.2 Å². The molecule has 1 heterocycles. The molecule has 0 unspecified atom stereocenters. The zero-order valence-electron chi connectivity index (χ0n) is 17.1. The van der Waals surface area contributed by atoms with Crippen LogP contribution in [0.3, 0.4) is 0 Å². The van der Waals surface area contributed by atoms with Gasteiger partial charge >= 0.3 is 0 Å². The highest BCUT2D eigenvalue weighted by atomic mass is 16.5. The highest BCUT2D eigenvalue weighted by Gasteiger charge is 2.22. The molecule has 5 heteroatoms. The van der Waals surface area contributed by atoms with Gasteiger partial charge in [0.1, 0.15) is 5.75 Å². The molecule has 0 radical (unpaired) electrons. The van der Waals surface area contributed by atoms with Crippen molar-refractivity contribution in [2.24, 2.45) is 0 Å². The molecule has 1 fully saturated rings. The lowest BCUT2D eigenvalue weighted by Crippen LogP contribution is -2.49. The topological polar surface area (TPSA) is 49.9 Å². The van der Waals surface area contributed by atoms with E-state index in [1.165, 1.54) is 0 Å². The maximum atomic E-state index is 12.7. The van der Waals surface area contributed by atoms with Crippen LogP contribution in [-0.4, -0.2) is 61.3 Å². The van der Waals surface area contributed by atoms with E-state index < -0.39 is 0 Å². The van der Waals surface area contributed by atoms with Gasteiger partial charge < -0.3 is 9.64 Å². The first-order valence-corrected chi connectivity index (χ1v) is 10.0. The molecule has 0 spiro atoms. The molecule has 0 saturated carbocycles. The van der Waals surface area contributed by atoms with Crippen LogP contribution in [0.5, 0.6) is 5.75 Å². The summed E-state index contributed by atoms with van der Waals surface area (Å²) in [6.45, 7) is 5.11. The van der Waals surface area contributed by atoms with E-state index in [0.717, 1.165) is 23.3 Å². The van der Waals surface area contributed by atoms with E-state index in [0.29, 0.717) is 38.3 Å². The van der Waals surface area contributed by atoms with Gasteiger partial charge in [0.25, 0.3) is 0 Å². The minimum atomic E-state index is 0.0480. The number of benzene rings is 2. The molecule has 2 aromatic carbocycles. The quantitative estimate of drug-likeness (QED) is 0.534. The van der Waals surface area contributed by atoms with Crippen LogP contribution in [0.15, 0.2) is 60.7 Å². The fourth-order valence-corrected chi connectivity index (χ4v) is 3.48. The Kier molecular flexibility index (Phi) is 7.19. The van der Waals surface area contributed by atoms with Gasteiger partial charge in [0.15, 0.2) is 5.78 Å². The smallest absolute Gasteiger partial charge is 0.246 e. The summed E-state index contributed by atoms with van der Waals surface area (Å²) in [7, 11) is 1.61. The van der Waals surface area contributed by atoms with Crippen LogP contribution in [0.2, 0.25) is 0 Å². The fourth-order valence-electron chi connectivity index (χ4n) is 3.48. The zero-order valence-corrected chi connectivity index (χ0v) is 17.1. The molecular weight excluding hydrogens is 364 g/mol. The van der Waals surface area contributed by atoms with Crippen LogP contribution in [0.1, 0.15) is 29.3 Å². The molecule has 2 aromatic rings. The number of amides is 1. The molecular formula is C24H28N2O3. The Balaban J connectivity index is 1.53. The van der Waals surface area contributed by atoms with Crippen molar-refractivity contribution in [2.45, 2.75) is 13.3 Å². The summed E-state index contributed by atoms with van der Waals surface area (Å²) in [5, 5.41) is 0. The van der Waals surface area contributed by atoms with Gasteiger partial charge in [-0.3, -0.25) is 14.5 Å². The van der Waals surface area contributed by atoms with Crippen molar-refractivity contribution >= 4 is 17.3 Å². The lowest BCUT2D eigenvalue weighted by atomic mass is 10.0. The summed E-state index contributed by atoms with van der Waals surface area (Å²) in [5.74, 6) is 0.875. The Morgan fingerprint density at radius 2 is 1.59 bits per heavy atom. The maximum Gasteiger partial charge on any atom is 0.246 e. The van der Waals surface area contributed by atoms with Gasteiger partial charge in [0.05, 0.1) is 13.7 Å². The number of Topliss-reactive ketones (excluding diaryl/α,β-unsaturated/α-hetero) is 1. The maximum absolute atomic E-state index is 12.7. The number of nitrogens with zero attached hydrogens (tertiary/aromatic N) is 2. The van der Waals surface area contributed by atoms with Crippen molar-refractivity contribution in [3.8, 4) is 5.75 Å². The minimum Gasteiger partial charge on any atom is -0.497 e. The molecule has 0 atom stereocenters. The summed E-state index contributed by atoms with van der Waals surface area (Å²) < 4.78 is 5.13. The molecule has 1 aliphatic heterocycles. The molecule has 5 nitrogen and oxygen atoms in total. The number of hydrogen-bond acceptors (Lipinski definition) is 4. The van der Waals surface area contributed by atoms with Gasteiger partial charge in [0.2, 0.25) is 5.91 Å². The Bertz CT molecular complexity index is 851. The van der Waals surface area contributed by atoms with E-state index in [9.17, 15) is 9.59 Å². The van der Waals surface area contributed by atoms with Crippen molar-refractivity contribution in [2.75, 3.05) is 39.8 Å². The standard InChI is InChI=1S/C24H28N2O3/c1-3-19(20-7-5-4-6-8-20)17-24(28)26-15-13-25(14-16-26)18-23(27)21-9-11-22(29-2)12-10-21/h4-12,17H,3,13-16,18H2,1-2H3/b19-17+. The highest BCUT2D eigenvalue weighted by molar-refractivity contribution is 5.98. The van der Waals surface area contributed by atoms with Crippen LogP contribution in [-0.2, 0) is 4.79 Å². The number of piperazine rings is 1. The summed E-state index contributed by atoms with van der Waals surface area (Å²) in [6.07, 6.45) is 2.57. The van der Waals surface area contributed by atoms with Crippen molar-refractivity contribution in [3.63, 3.8) is 0 Å². The third kappa shape index (κ3) is 5.55. The van der Waals surface area contributed by atoms with Gasteiger partial charge in [-0.2, -0.15) is 0 Å². The third-order valence-electron chi connectivity index (χ3n) is 5.29. The van der Waals surface area contributed by atoms with Crippen LogP contribution in [0.4, 0.5) is 0 Å². The molecule has 3 rings (SSSR count). The lowest BCUT2D eigenvalue weighted by molar-refractivity contribution is -0.127. The average Bonchev–Trinajstić information content (AvgIpc) is 2.78. The van der Waals surface area contributed by atoms with Crippen molar-refractivity contribution < 1.29 is 14.3 Å². The van der Waals surface area contributed by atoms with E-state index >= 15 is 0 Å². The second kappa shape index (κ2) is 10.0. The number of carbonyl (C=O) groups excluding carboxylic acids is 2. The molecule has 1 amide bonds. The monoisotopic (exact) mass is 392 g/mol. The molecule has 1 aliphatic rings. The molecule has 152 valence electrons. The average molecular weight is 392 g/mol. The number of rotatable bonds is 7. The summed E-state index contributed by atoms with van der Waals surface area (Å²) in [4.78, 5) is 29.2. The van der Waals surface area contributed by atoms with Crippen LogP contribution >= 0.6 is 0 Å². The molecule has 0 bridgehead atoms. The number of ketones is 1. The summed E-state index contributed by atoms with van der Waals surface area (Å²) in [6, 6.07) is 17.2. The predicted octanol–water partition coefficient (Wildman–Crippen LogP) is 3.52. The van der Waals surface area contributed by atoms with E-state index in [-0.39, 0.29) is 11.7 Å². The second-order valence-electron chi connectivity index (χ2n) is 7.14. The predicted molar refractivity (Wildman–Crippen MR) is 115 cm³/mol. The van der Waals surface area contributed by atoms with Crippen LogP contribution in [0, 0.1) is 0 Å².